The largest absolute Gasteiger partial charge is 0.314 e. The van der Waals surface area contributed by atoms with Gasteiger partial charge in [0.05, 0.1) is 11.7 Å². The van der Waals surface area contributed by atoms with Crippen LogP contribution in [0.3, 0.4) is 0 Å². The Labute approximate surface area is 207 Å². The molecule has 3 N–H and O–H groups in total. The van der Waals surface area contributed by atoms with Gasteiger partial charge < -0.3 is 14.9 Å². The second-order valence-corrected chi connectivity index (χ2v) is 10.1. The van der Waals surface area contributed by atoms with E-state index in [4.69, 9.17) is 0 Å². The summed E-state index contributed by atoms with van der Waals surface area (Å²) in [5, 5.41) is 10.2. The Morgan fingerprint density at radius 1 is 1.29 bits per heavy atom. The molecular weight excluding hydrogens is 470 g/mol. The molecular formula is C23H27N7O2S2. The van der Waals surface area contributed by atoms with E-state index in [9.17, 15) is 9.59 Å². The van der Waals surface area contributed by atoms with Crippen LogP contribution in [-0.2, 0) is 11.2 Å². The Hall–Kier alpha value is -2.89. The van der Waals surface area contributed by atoms with E-state index in [1.54, 1.807) is 28.6 Å². The van der Waals surface area contributed by atoms with Gasteiger partial charge in [0.15, 0.2) is 6.29 Å². The number of H-pyrrole nitrogens is 1. The number of nitrogens with zero attached hydrogens (tertiary/aromatic N) is 4. The summed E-state index contributed by atoms with van der Waals surface area (Å²) in [6.45, 7) is 0. The number of rotatable bonds is 7. The highest BCUT2D eigenvalue weighted by atomic mass is 32.2. The molecule has 34 heavy (non-hydrogen) atoms. The lowest BCUT2D eigenvalue weighted by Gasteiger charge is -2.20. The van der Waals surface area contributed by atoms with Crippen molar-refractivity contribution in [3.05, 3.63) is 59.8 Å². The van der Waals surface area contributed by atoms with Crippen molar-refractivity contribution in [3.8, 4) is 0 Å². The summed E-state index contributed by atoms with van der Waals surface area (Å²) in [6.07, 6.45) is 5.71. The van der Waals surface area contributed by atoms with Crippen molar-refractivity contribution in [3.63, 3.8) is 0 Å². The number of pyridine rings is 1. The van der Waals surface area contributed by atoms with Crippen molar-refractivity contribution in [2.75, 3.05) is 29.5 Å². The number of benzene rings is 1. The molecule has 0 saturated heterocycles. The molecule has 0 radical (unpaired) electrons. The third-order valence-electron chi connectivity index (χ3n) is 5.31. The van der Waals surface area contributed by atoms with E-state index < -0.39 is 0 Å². The fraction of sp³-hybridized carbons (Fsp3) is 0.348. The number of carbonyl (C=O) groups is 2. The van der Waals surface area contributed by atoms with Crippen LogP contribution >= 0.6 is 23.7 Å². The van der Waals surface area contributed by atoms with Crippen LogP contribution in [0.1, 0.15) is 34.8 Å². The highest BCUT2D eigenvalue weighted by molar-refractivity contribution is 8.01. The first-order valence-corrected chi connectivity index (χ1v) is 12.8. The van der Waals surface area contributed by atoms with Gasteiger partial charge in [-0.3, -0.25) is 14.7 Å². The fourth-order valence-electron chi connectivity index (χ4n) is 3.23. The Balaban J connectivity index is 0.000000172. The van der Waals surface area contributed by atoms with Crippen LogP contribution in [-0.4, -0.2) is 63.5 Å². The molecule has 5 rings (SSSR count). The van der Waals surface area contributed by atoms with Gasteiger partial charge in [0.2, 0.25) is 11.7 Å². The molecule has 1 fully saturated rings. The van der Waals surface area contributed by atoms with Crippen molar-refractivity contribution >= 4 is 47.4 Å². The first-order valence-electron chi connectivity index (χ1n) is 11.0. The van der Waals surface area contributed by atoms with E-state index in [1.165, 1.54) is 12.8 Å². The summed E-state index contributed by atoms with van der Waals surface area (Å²) < 4.78 is 3.28. The molecule has 1 aromatic carbocycles. The van der Waals surface area contributed by atoms with E-state index in [1.807, 2.05) is 56.7 Å². The van der Waals surface area contributed by atoms with Gasteiger partial charge in [0.1, 0.15) is 11.6 Å². The third kappa shape index (κ3) is 6.37. The normalized spacial score (nSPS) is 17.3. The molecule has 0 bridgehead atoms. The van der Waals surface area contributed by atoms with Gasteiger partial charge in [-0.25, -0.2) is 9.97 Å². The van der Waals surface area contributed by atoms with Gasteiger partial charge >= 0.3 is 0 Å². The molecule has 178 valence electrons. The number of aromatic nitrogens is 4. The van der Waals surface area contributed by atoms with Crippen LogP contribution in [0.5, 0.6) is 0 Å². The minimum atomic E-state index is -0.144. The highest BCUT2D eigenvalue weighted by Crippen LogP contribution is 2.37. The summed E-state index contributed by atoms with van der Waals surface area (Å²) in [5.74, 6) is 2.57. The van der Waals surface area contributed by atoms with E-state index in [0.717, 1.165) is 33.0 Å². The van der Waals surface area contributed by atoms with E-state index in [0.29, 0.717) is 18.5 Å². The average molecular weight is 498 g/mol. The standard InChI is InChI=1S/C13H18N4OS2.C10H9N3O/c1-14-9-7-19-11-6-15-12(16-20-8-3-4-8)5-10(11)17(2)13(9)18;14-7-10-11-9(12-13-10)6-8-4-2-1-3-5-8/h5-6,8-9,14H,3-4,7H2,1-2H3,(H,15,16);1-5,7H,6H2,(H,11,12,13)/t9-;/m0./s1. The number of thioether (sulfide) groups is 1. The zero-order valence-electron chi connectivity index (χ0n) is 19.0. The van der Waals surface area contributed by atoms with Crippen LogP contribution in [0.15, 0.2) is 47.5 Å². The maximum absolute atomic E-state index is 12.3. The van der Waals surface area contributed by atoms with Gasteiger partial charge in [-0.15, -0.1) is 11.8 Å². The molecule has 11 heteroatoms. The molecule has 9 nitrogen and oxygen atoms in total. The highest BCUT2D eigenvalue weighted by Gasteiger charge is 2.28. The quantitative estimate of drug-likeness (QED) is 0.334. The van der Waals surface area contributed by atoms with Crippen molar-refractivity contribution < 1.29 is 9.59 Å². The molecule has 0 unspecified atom stereocenters. The SMILES string of the molecule is CN[C@H]1CSc2cnc(NSC3CC3)cc2N(C)C1=O.O=Cc1n[nH]c(Cc2ccccc2)n1. The Bertz CT molecular complexity index is 1120. The number of hydrogen-bond acceptors (Lipinski definition) is 9. The summed E-state index contributed by atoms with van der Waals surface area (Å²) >= 11 is 3.40. The number of amides is 1. The lowest BCUT2D eigenvalue weighted by molar-refractivity contribution is -0.119. The lowest BCUT2D eigenvalue weighted by Crippen LogP contribution is -2.44. The summed E-state index contributed by atoms with van der Waals surface area (Å²) in [4.78, 5) is 33.9. The number of anilines is 2. The van der Waals surface area contributed by atoms with E-state index in [-0.39, 0.29) is 17.8 Å². The van der Waals surface area contributed by atoms with Crippen LogP contribution in [0.4, 0.5) is 11.5 Å². The minimum absolute atomic E-state index is 0.103. The average Bonchev–Trinajstić information content (AvgIpc) is 3.62. The number of carbonyl (C=O) groups excluding carboxylic acids is 2. The number of likely N-dealkylation sites (N-methyl/N-ethyl adjacent to an activating group) is 2. The first kappa shape index (κ1) is 24.2. The molecule has 1 atom stereocenters. The van der Waals surface area contributed by atoms with Crippen molar-refractivity contribution in [1.29, 1.82) is 0 Å². The summed E-state index contributed by atoms with van der Waals surface area (Å²) in [7, 11) is 3.65. The molecule has 1 amide bonds. The molecule has 1 saturated carbocycles. The Kier molecular flexibility index (Phi) is 8.20. The number of aldehydes is 1. The van der Waals surface area contributed by atoms with Gasteiger partial charge in [-0.1, -0.05) is 30.3 Å². The molecule has 1 aliphatic carbocycles. The van der Waals surface area contributed by atoms with Gasteiger partial charge in [-0.2, -0.15) is 5.10 Å². The van der Waals surface area contributed by atoms with Crippen LogP contribution in [0.25, 0.3) is 0 Å². The topological polar surface area (TPSA) is 116 Å². The monoisotopic (exact) mass is 497 g/mol. The van der Waals surface area contributed by atoms with Crippen molar-refractivity contribution in [2.45, 2.75) is 35.4 Å². The van der Waals surface area contributed by atoms with Crippen molar-refractivity contribution in [2.24, 2.45) is 0 Å². The van der Waals surface area contributed by atoms with E-state index >= 15 is 0 Å². The Morgan fingerprint density at radius 3 is 2.76 bits per heavy atom. The summed E-state index contributed by atoms with van der Waals surface area (Å²) in [6, 6.07) is 11.7. The Morgan fingerprint density at radius 2 is 2.09 bits per heavy atom. The van der Waals surface area contributed by atoms with Gasteiger partial charge in [-0.05, 0) is 37.4 Å². The maximum atomic E-state index is 12.3. The predicted octanol–water partition coefficient (Wildman–Crippen LogP) is 3.17. The molecule has 3 heterocycles. The molecule has 2 aliphatic rings. The van der Waals surface area contributed by atoms with Crippen LogP contribution in [0, 0.1) is 0 Å². The number of nitrogens with one attached hydrogen (secondary N) is 3. The zero-order chi connectivity index (χ0) is 23.9. The predicted molar refractivity (Wildman–Crippen MR) is 136 cm³/mol. The van der Waals surface area contributed by atoms with Crippen LogP contribution < -0.4 is 14.9 Å². The maximum Gasteiger partial charge on any atom is 0.244 e. The molecule has 1 aliphatic heterocycles. The van der Waals surface area contributed by atoms with Gasteiger partial charge in [0.25, 0.3) is 0 Å². The number of fused-ring (bicyclic) bond motifs is 1. The van der Waals surface area contributed by atoms with Gasteiger partial charge in [0, 0.05) is 41.6 Å². The second kappa shape index (κ2) is 11.5. The van der Waals surface area contributed by atoms with Crippen LogP contribution in [0.2, 0.25) is 0 Å². The zero-order valence-corrected chi connectivity index (χ0v) is 20.7. The number of aromatic amines is 1. The lowest BCUT2D eigenvalue weighted by atomic mass is 10.1. The smallest absolute Gasteiger partial charge is 0.244 e. The number of hydrogen-bond donors (Lipinski definition) is 3. The molecule has 3 aromatic rings. The third-order valence-corrected chi connectivity index (χ3v) is 7.57. The first-order chi connectivity index (χ1) is 16.6. The summed E-state index contributed by atoms with van der Waals surface area (Å²) in [5.41, 5.74) is 2.08. The fourth-order valence-corrected chi connectivity index (χ4v) is 5.12. The van der Waals surface area contributed by atoms with E-state index in [2.05, 4.69) is 30.2 Å². The van der Waals surface area contributed by atoms with Crippen molar-refractivity contribution in [1.82, 2.24) is 25.5 Å². The minimum Gasteiger partial charge on any atom is -0.314 e. The second-order valence-electron chi connectivity index (χ2n) is 7.93. The molecule has 2 aromatic heterocycles. The molecule has 0 spiro atoms.